The number of rotatable bonds is 3. The second-order valence-electron chi connectivity index (χ2n) is 4.36. The molecule has 1 unspecified atom stereocenters. The van der Waals surface area contributed by atoms with Gasteiger partial charge in [-0.15, -0.1) is 0 Å². The maximum absolute atomic E-state index is 12.0. The number of Topliss-reactive ketones (excluding diaryl/α,β-unsaturated/α-hetero) is 1. The Morgan fingerprint density at radius 3 is 2.72 bits per heavy atom. The Labute approximate surface area is 113 Å². The van der Waals surface area contributed by atoms with Crippen LogP contribution < -0.4 is 0 Å². The zero-order chi connectivity index (χ0) is 13.3. The number of amides is 2. The molecule has 0 aromatic heterocycles. The summed E-state index contributed by atoms with van der Waals surface area (Å²) >= 11 is 3.28. The van der Waals surface area contributed by atoms with Gasteiger partial charge in [0.1, 0.15) is 0 Å². The van der Waals surface area contributed by atoms with Gasteiger partial charge in [0.15, 0.2) is 5.78 Å². The molecule has 0 radical (unpaired) electrons. The molecular formula is C13H12BrNO3. The van der Waals surface area contributed by atoms with E-state index in [-0.39, 0.29) is 36.5 Å². The van der Waals surface area contributed by atoms with Crippen LogP contribution in [0, 0.1) is 5.92 Å². The van der Waals surface area contributed by atoms with Gasteiger partial charge in [-0.3, -0.25) is 19.3 Å². The third-order valence-corrected chi connectivity index (χ3v) is 3.41. The van der Waals surface area contributed by atoms with Crippen LogP contribution in [-0.2, 0) is 9.59 Å². The average Bonchev–Trinajstić information content (AvgIpc) is 2.56. The molecule has 0 spiro atoms. The lowest BCUT2D eigenvalue weighted by molar-refractivity contribution is -0.138. The van der Waals surface area contributed by atoms with Crippen LogP contribution in [0.3, 0.4) is 0 Å². The minimum atomic E-state index is -0.312. The average molecular weight is 310 g/mol. The van der Waals surface area contributed by atoms with Crippen molar-refractivity contribution in [3.05, 3.63) is 34.3 Å². The van der Waals surface area contributed by atoms with E-state index in [4.69, 9.17) is 0 Å². The molecule has 5 heteroatoms. The summed E-state index contributed by atoms with van der Waals surface area (Å²) in [4.78, 5) is 36.3. The van der Waals surface area contributed by atoms with Crippen LogP contribution >= 0.6 is 15.9 Å². The van der Waals surface area contributed by atoms with E-state index in [9.17, 15) is 14.4 Å². The van der Waals surface area contributed by atoms with Crippen molar-refractivity contribution in [3.63, 3.8) is 0 Å². The molecule has 0 aliphatic carbocycles. The fourth-order valence-corrected chi connectivity index (χ4v) is 2.31. The van der Waals surface area contributed by atoms with Crippen molar-refractivity contribution in [1.82, 2.24) is 4.90 Å². The van der Waals surface area contributed by atoms with Crippen LogP contribution in [0.4, 0.5) is 0 Å². The third kappa shape index (κ3) is 2.51. The molecule has 0 bridgehead atoms. The molecule has 1 heterocycles. The predicted octanol–water partition coefficient (Wildman–Crippen LogP) is 2.03. The van der Waals surface area contributed by atoms with Crippen LogP contribution in [0.1, 0.15) is 23.7 Å². The lowest BCUT2D eigenvalue weighted by Gasteiger charge is -2.13. The first kappa shape index (κ1) is 13.0. The number of likely N-dealkylation sites (tertiary alicyclic amines) is 1. The normalized spacial score (nSPS) is 19.4. The Morgan fingerprint density at radius 2 is 2.17 bits per heavy atom. The molecule has 1 saturated heterocycles. The third-order valence-electron chi connectivity index (χ3n) is 2.92. The van der Waals surface area contributed by atoms with Gasteiger partial charge < -0.3 is 0 Å². The van der Waals surface area contributed by atoms with Crippen molar-refractivity contribution in [2.24, 2.45) is 5.92 Å². The smallest absolute Gasteiger partial charge is 0.232 e. The fourth-order valence-electron chi connectivity index (χ4n) is 1.91. The van der Waals surface area contributed by atoms with Crippen LogP contribution in [0.25, 0.3) is 0 Å². The number of hydrogen-bond acceptors (Lipinski definition) is 3. The van der Waals surface area contributed by atoms with Gasteiger partial charge in [0.05, 0.1) is 6.54 Å². The van der Waals surface area contributed by atoms with Crippen molar-refractivity contribution in [2.45, 2.75) is 13.3 Å². The van der Waals surface area contributed by atoms with Crippen molar-refractivity contribution >= 4 is 33.5 Å². The summed E-state index contributed by atoms with van der Waals surface area (Å²) in [5.74, 6) is -1.07. The van der Waals surface area contributed by atoms with E-state index in [2.05, 4.69) is 15.9 Å². The van der Waals surface area contributed by atoms with Gasteiger partial charge in [0.25, 0.3) is 0 Å². The lowest BCUT2D eigenvalue weighted by Crippen LogP contribution is -2.35. The Balaban J connectivity index is 2.13. The molecule has 2 amide bonds. The topological polar surface area (TPSA) is 54.5 Å². The van der Waals surface area contributed by atoms with Gasteiger partial charge >= 0.3 is 0 Å². The standard InChI is InChI=1S/C13H12BrNO3/c1-8-5-12(17)15(13(8)18)7-11(16)9-3-2-4-10(14)6-9/h2-4,6,8H,5,7H2,1H3. The maximum Gasteiger partial charge on any atom is 0.232 e. The van der Waals surface area contributed by atoms with Crippen molar-refractivity contribution in [3.8, 4) is 0 Å². The largest absolute Gasteiger partial charge is 0.292 e. The van der Waals surface area contributed by atoms with E-state index < -0.39 is 0 Å². The Morgan fingerprint density at radius 1 is 1.44 bits per heavy atom. The minimum absolute atomic E-state index is 0.168. The number of benzene rings is 1. The molecule has 94 valence electrons. The van der Waals surface area contributed by atoms with Gasteiger partial charge in [0, 0.05) is 22.4 Å². The number of carbonyl (C=O) groups excluding carboxylic acids is 3. The molecule has 0 saturated carbocycles. The highest BCUT2D eigenvalue weighted by atomic mass is 79.9. The molecule has 1 atom stereocenters. The first-order chi connectivity index (χ1) is 8.49. The van der Waals surface area contributed by atoms with Crippen LogP contribution in [-0.4, -0.2) is 29.0 Å². The summed E-state index contributed by atoms with van der Waals surface area (Å²) in [6.45, 7) is 1.53. The summed E-state index contributed by atoms with van der Waals surface area (Å²) in [6.07, 6.45) is 0.199. The van der Waals surface area contributed by atoms with Crippen LogP contribution in [0.5, 0.6) is 0 Å². The summed E-state index contributed by atoms with van der Waals surface area (Å²) in [5.41, 5.74) is 0.490. The molecular weight excluding hydrogens is 298 g/mol. The molecule has 1 aromatic rings. The Kier molecular flexibility index (Phi) is 3.61. The van der Waals surface area contributed by atoms with E-state index >= 15 is 0 Å². The zero-order valence-electron chi connectivity index (χ0n) is 9.85. The quantitative estimate of drug-likeness (QED) is 0.634. The van der Waals surface area contributed by atoms with Gasteiger partial charge in [-0.2, -0.15) is 0 Å². The molecule has 1 aliphatic heterocycles. The summed E-state index contributed by atoms with van der Waals surface area (Å²) in [5, 5.41) is 0. The SMILES string of the molecule is CC1CC(=O)N(CC(=O)c2cccc(Br)c2)C1=O. The second kappa shape index (κ2) is 5.02. The zero-order valence-corrected chi connectivity index (χ0v) is 11.4. The van der Waals surface area contributed by atoms with E-state index in [1.54, 1.807) is 25.1 Å². The Hall–Kier alpha value is -1.49. The summed E-state index contributed by atoms with van der Waals surface area (Å²) in [6, 6.07) is 6.90. The minimum Gasteiger partial charge on any atom is -0.292 e. The van der Waals surface area contributed by atoms with Crippen LogP contribution in [0.15, 0.2) is 28.7 Å². The lowest BCUT2D eigenvalue weighted by atomic mass is 10.1. The number of ketones is 1. The van der Waals surface area contributed by atoms with E-state index in [0.717, 1.165) is 9.37 Å². The highest BCUT2D eigenvalue weighted by molar-refractivity contribution is 9.10. The second-order valence-corrected chi connectivity index (χ2v) is 5.27. The number of imide groups is 1. The van der Waals surface area contributed by atoms with Crippen molar-refractivity contribution in [1.29, 1.82) is 0 Å². The fraction of sp³-hybridized carbons (Fsp3) is 0.308. The molecule has 18 heavy (non-hydrogen) atoms. The first-order valence-electron chi connectivity index (χ1n) is 5.62. The molecule has 4 nitrogen and oxygen atoms in total. The van der Waals surface area contributed by atoms with E-state index in [1.165, 1.54) is 0 Å². The monoisotopic (exact) mass is 309 g/mol. The first-order valence-corrected chi connectivity index (χ1v) is 6.41. The number of hydrogen-bond donors (Lipinski definition) is 0. The highest BCUT2D eigenvalue weighted by Gasteiger charge is 2.36. The molecule has 2 rings (SSSR count). The molecule has 1 fully saturated rings. The number of carbonyl (C=O) groups is 3. The number of halogens is 1. The highest BCUT2D eigenvalue weighted by Crippen LogP contribution is 2.19. The van der Waals surface area contributed by atoms with E-state index in [0.29, 0.717) is 5.56 Å². The van der Waals surface area contributed by atoms with Gasteiger partial charge in [-0.25, -0.2) is 0 Å². The summed E-state index contributed by atoms with van der Waals surface area (Å²) in [7, 11) is 0. The molecule has 1 aromatic carbocycles. The van der Waals surface area contributed by atoms with Crippen LogP contribution in [0.2, 0.25) is 0 Å². The van der Waals surface area contributed by atoms with Crippen molar-refractivity contribution < 1.29 is 14.4 Å². The van der Waals surface area contributed by atoms with Gasteiger partial charge in [-0.1, -0.05) is 35.0 Å². The van der Waals surface area contributed by atoms with Gasteiger partial charge in [0.2, 0.25) is 11.8 Å². The molecule has 0 N–H and O–H groups in total. The Bertz CT molecular complexity index is 527. The van der Waals surface area contributed by atoms with Crippen molar-refractivity contribution in [2.75, 3.05) is 6.54 Å². The van der Waals surface area contributed by atoms with Gasteiger partial charge in [-0.05, 0) is 12.1 Å². The van der Waals surface area contributed by atoms with E-state index in [1.807, 2.05) is 6.07 Å². The summed E-state index contributed by atoms with van der Waals surface area (Å²) < 4.78 is 0.792. The molecule has 1 aliphatic rings. The number of nitrogens with zero attached hydrogens (tertiary/aromatic N) is 1. The maximum atomic E-state index is 12.0. The predicted molar refractivity (Wildman–Crippen MR) is 69.0 cm³/mol.